The highest BCUT2D eigenvalue weighted by Crippen LogP contribution is 2.68. The zero-order valence-electron chi connectivity index (χ0n) is 7.56. The van der Waals surface area contributed by atoms with E-state index in [1.807, 2.05) is 14.0 Å². The van der Waals surface area contributed by atoms with Crippen LogP contribution in [0.4, 0.5) is 8.78 Å². The number of hydrogen-bond donors (Lipinski definition) is 1. The average molecular weight is 176 g/mol. The van der Waals surface area contributed by atoms with Crippen LogP contribution in [-0.4, -0.2) is 30.6 Å². The first kappa shape index (κ1) is 8.38. The van der Waals surface area contributed by atoms with E-state index in [1.54, 1.807) is 11.9 Å². The summed E-state index contributed by atoms with van der Waals surface area (Å²) in [6, 6.07) is -0.108. The van der Waals surface area contributed by atoms with Crippen LogP contribution in [0.3, 0.4) is 0 Å². The standard InChI is InChI=1S/C8H14F2N2/c1-5-6-7(2,8(6,9)10)4-12(3)11-5/h5-6,11H,4H2,1-3H3. The topological polar surface area (TPSA) is 15.3 Å². The van der Waals surface area contributed by atoms with Crippen LogP contribution < -0.4 is 5.43 Å². The summed E-state index contributed by atoms with van der Waals surface area (Å²) in [5.41, 5.74) is 2.22. The van der Waals surface area contributed by atoms with Gasteiger partial charge in [-0.25, -0.2) is 13.8 Å². The summed E-state index contributed by atoms with van der Waals surface area (Å²) in [6.07, 6.45) is 0. The van der Waals surface area contributed by atoms with Gasteiger partial charge in [-0.1, -0.05) is 6.92 Å². The largest absolute Gasteiger partial charge is 0.260 e. The third kappa shape index (κ3) is 0.746. The third-order valence-electron chi connectivity index (χ3n) is 3.24. The van der Waals surface area contributed by atoms with E-state index in [1.165, 1.54) is 0 Å². The van der Waals surface area contributed by atoms with Crippen LogP contribution in [0, 0.1) is 11.3 Å². The van der Waals surface area contributed by atoms with Crippen molar-refractivity contribution in [1.82, 2.24) is 10.4 Å². The van der Waals surface area contributed by atoms with Crippen molar-refractivity contribution in [1.29, 1.82) is 0 Å². The van der Waals surface area contributed by atoms with Crippen LogP contribution in [0.15, 0.2) is 0 Å². The van der Waals surface area contributed by atoms with Gasteiger partial charge in [0.05, 0.1) is 11.3 Å². The molecule has 1 saturated carbocycles. The fourth-order valence-corrected chi connectivity index (χ4v) is 2.65. The number of hydrazine groups is 1. The van der Waals surface area contributed by atoms with E-state index in [0.717, 1.165) is 0 Å². The Morgan fingerprint density at radius 1 is 1.50 bits per heavy atom. The molecule has 1 heterocycles. The molecule has 70 valence electrons. The normalized spacial score (nSPS) is 51.8. The van der Waals surface area contributed by atoms with Crippen LogP contribution in [-0.2, 0) is 0 Å². The molecule has 4 heteroatoms. The number of halogens is 2. The highest BCUT2D eigenvalue weighted by atomic mass is 19.3. The average Bonchev–Trinajstić information content (AvgIpc) is 2.24. The quantitative estimate of drug-likeness (QED) is 0.594. The minimum atomic E-state index is -2.47. The highest BCUT2D eigenvalue weighted by molar-refractivity contribution is 5.21. The molecule has 1 aliphatic carbocycles. The second-order valence-corrected chi connectivity index (χ2v) is 4.29. The second kappa shape index (κ2) is 1.99. The molecule has 1 saturated heterocycles. The molecule has 0 aromatic carbocycles. The van der Waals surface area contributed by atoms with Crippen LogP contribution in [0.2, 0.25) is 0 Å². The molecule has 0 amide bonds. The zero-order chi connectivity index (χ0) is 9.15. The van der Waals surface area contributed by atoms with E-state index in [4.69, 9.17) is 0 Å². The lowest BCUT2D eigenvalue weighted by atomic mass is 10.0. The van der Waals surface area contributed by atoms with E-state index in [-0.39, 0.29) is 6.04 Å². The van der Waals surface area contributed by atoms with Gasteiger partial charge in [-0.3, -0.25) is 5.43 Å². The van der Waals surface area contributed by atoms with Gasteiger partial charge >= 0.3 is 0 Å². The molecule has 12 heavy (non-hydrogen) atoms. The molecule has 2 aliphatic rings. The first-order valence-corrected chi connectivity index (χ1v) is 4.25. The Hall–Kier alpha value is -0.220. The predicted octanol–water partition coefficient (Wildman–Crippen LogP) is 1.10. The SMILES string of the molecule is CC1NN(C)CC2(C)C1C2(F)F. The Balaban J connectivity index is 2.23. The van der Waals surface area contributed by atoms with Crippen molar-refractivity contribution in [2.45, 2.75) is 25.8 Å². The zero-order valence-corrected chi connectivity index (χ0v) is 7.56. The van der Waals surface area contributed by atoms with Gasteiger partial charge in [-0.05, 0) is 6.92 Å². The Labute approximate surface area is 70.9 Å². The van der Waals surface area contributed by atoms with E-state index < -0.39 is 17.3 Å². The van der Waals surface area contributed by atoms with Crippen molar-refractivity contribution in [3.8, 4) is 0 Å². The van der Waals surface area contributed by atoms with Gasteiger partial charge in [0, 0.05) is 19.6 Å². The smallest absolute Gasteiger partial charge is 0.252 e. The summed E-state index contributed by atoms with van der Waals surface area (Å²) in [5.74, 6) is -2.94. The van der Waals surface area contributed by atoms with E-state index in [9.17, 15) is 8.78 Å². The van der Waals surface area contributed by atoms with E-state index in [0.29, 0.717) is 6.54 Å². The number of nitrogens with zero attached hydrogens (tertiary/aromatic N) is 1. The van der Waals surface area contributed by atoms with Gasteiger partial charge in [0.15, 0.2) is 0 Å². The van der Waals surface area contributed by atoms with Crippen molar-refractivity contribution in [2.24, 2.45) is 11.3 Å². The fraction of sp³-hybridized carbons (Fsp3) is 1.00. The molecular weight excluding hydrogens is 162 g/mol. The van der Waals surface area contributed by atoms with Gasteiger partial charge in [0.1, 0.15) is 0 Å². The fourth-order valence-electron chi connectivity index (χ4n) is 2.65. The molecule has 1 aliphatic heterocycles. The number of rotatable bonds is 0. The molecule has 2 rings (SSSR count). The molecule has 0 aromatic heterocycles. The molecule has 3 atom stereocenters. The molecular formula is C8H14F2N2. The minimum absolute atomic E-state index is 0.108. The lowest BCUT2D eigenvalue weighted by Gasteiger charge is -2.31. The summed E-state index contributed by atoms with van der Waals surface area (Å²) in [7, 11) is 1.81. The Bertz CT molecular complexity index is 219. The number of alkyl halides is 2. The van der Waals surface area contributed by atoms with Crippen LogP contribution in [0.25, 0.3) is 0 Å². The van der Waals surface area contributed by atoms with Crippen LogP contribution in [0.5, 0.6) is 0 Å². The lowest BCUT2D eigenvalue weighted by Crippen LogP contribution is -2.49. The maximum absolute atomic E-state index is 13.2. The van der Waals surface area contributed by atoms with Crippen molar-refractivity contribution in [3.63, 3.8) is 0 Å². The Kier molecular flexibility index (Phi) is 1.39. The number of fused-ring (bicyclic) bond motifs is 1. The molecule has 0 spiro atoms. The van der Waals surface area contributed by atoms with Gasteiger partial charge in [0.2, 0.25) is 0 Å². The van der Waals surface area contributed by atoms with E-state index in [2.05, 4.69) is 5.43 Å². The molecule has 1 N–H and O–H groups in total. The first-order chi connectivity index (χ1) is 5.39. The number of nitrogens with one attached hydrogen (secondary N) is 1. The predicted molar refractivity (Wildman–Crippen MR) is 41.8 cm³/mol. The molecule has 2 fully saturated rings. The van der Waals surface area contributed by atoms with Crippen molar-refractivity contribution < 1.29 is 8.78 Å². The molecule has 0 aromatic rings. The molecule has 0 bridgehead atoms. The maximum atomic E-state index is 13.2. The highest BCUT2D eigenvalue weighted by Gasteiger charge is 2.80. The van der Waals surface area contributed by atoms with Gasteiger partial charge in [-0.2, -0.15) is 0 Å². The minimum Gasteiger partial charge on any atom is -0.252 e. The van der Waals surface area contributed by atoms with E-state index >= 15 is 0 Å². The van der Waals surface area contributed by atoms with Gasteiger partial charge in [-0.15, -0.1) is 0 Å². The Morgan fingerprint density at radius 2 is 2.08 bits per heavy atom. The summed E-state index contributed by atoms with van der Waals surface area (Å²) in [6.45, 7) is 3.93. The number of hydrogen-bond acceptors (Lipinski definition) is 2. The van der Waals surface area contributed by atoms with Crippen molar-refractivity contribution in [3.05, 3.63) is 0 Å². The van der Waals surface area contributed by atoms with Crippen LogP contribution in [0.1, 0.15) is 13.8 Å². The molecule has 2 nitrogen and oxygen atoms in total. The summed E-state index contributed by atoms with van der Waals surface area (Å²) in [4.78, 5) is 0. The molecule has 3 unspecified atom stereocenters. The summed E-state index contributed by atoms with van der Waals surface area (Å²) in [5, 5.41) is 1.77. The monoisotopic (exact) mass is 176 g/mol. The van der Waals surface area contributed by atoms with Crippen LogP contribution >= 0.6 is 0 Å². The maximum Gasteiger partial charge on any atom is 0.260 e. The summed E-state index contributed by atoms with van der Waals surface area (Å²) >= 11 is 0. The third-order valence-corrected chi connectivity index (χ3v) is 3.24. The van der Waals surface area contributed by atoms with Crippen molar-refractivity contribution >= 4 is 0 Å². The second-order valence-electron chi connectivity index (χ2n) is 4.29. The summed E-state index contributed by atoms with van der Waals surface area (Å²) < 4.78 is 26.5. The Morgan fingerprint density at radius 3 is 2.58 bits per heavy atom. The van der Waals surface area contributed by atoms with Gasteiger partial charge < -0.3 is 0 Å². The van der Waals surface area contributed by atoms with Gasteiger partial charge in [0.25, 0.3) is 5.92 Å². The molecule has 0 radical (unpaired) electrons. The first-order valence-electron chi connectivity index (χ1n) is 4.25. The van der Waals surface area contributed by atoms with Crippen molar-refractivity contribution in [2.75, 3.05) is 13.6 Å². The lowest BCUT2D eigenvalue weighted by molar-refractivity contribution is 0.0551.